The number of amides is 3. The minimum absolute atomic E-state index is 0.00958. The van der Waals surface area contributed by atoms with Gasteiger partial charge in [-0.1, -0.05) is 18.2 Å². The summed E-state index contributed by atoms with van der Waals surface area (Å²) < 4.78 is 2.97. The fourth-order valence-corrected chi connectivity index (χ4v) is 3.93. The molecule has 4 aromatic rings. The largest absolute Gasteiger partial charge is 0.353 e. The van der Waals surface area contributed by atoms with Gasteiger partial charge in [-0.2, -0.15) is 5.10 Å². The van der Waals surface area contributed by atoms with Crippen LogP contribution in [0.2, 0.25) is 0 Å². The maximum Gasteiger partial charge on any atom is 0.267 e. The Morgan fingerprint density at radius 3 is 2.43 bits per heavy atom. The number of hydrogen-bond donors (Lipinski definition) is 3. The summed E-state index contributed by atoms with van der Waals surface area (Å²) >= 11 is 0. The zero-order valence-corrected chi connectivity index (χ0v) is 20.0. The van der Waals surface area contributed by atoms with Crippen LogP contribution in [0, 0.1) is 5.92 Å². The molecule has 0 spiro atoms. The number of hydrogen-bond acceptors (Lipinski definition) is 5. The van der Waals surface area contributed by atoms with E-state index in [-0.39, 0.29) is 42.9 Å². The Kier molecular flexibility index (Phi) is 6.80. The maximum atomic E-state index is 12.4. The number of para-hydroxylation sites is 1. The second-order valence-corrected chi connectivity index (χ2v) is 8.88. The summed E-state index contributed by atoms with van der Waals surface area (Å²) in [5.74, 6) is -0.0430. The molecule has 188 valence electrons. The third kappa shape index (κ3) is 5.75. The Morgan fingerprint density at radius 2 is 1.65 bits per heavy atom. The van der Waals surface area contributed by atoms with E-state index < -0.39 is 5.91 Å². The number of rotatable bonds is 9. The molecule has 0 unspecified atom stereocenters. The van der Waals surface area contributed by atoms with Gasteiger partial charge in [-0.05, 0) is 60.7 Å². The quantitative estimate of drug-likeness (QED) is 0.305. The van der Waals surface area contributed by atoms with Gasteiger partial charge < -0.3 is 16.0 Å². The molecule has 0 aliphatic heterocycles. The monoisotopic (exact) mass is 498 g/mol. The van der Waals surface area contributed by atoms with E-state index in [1.54, 1.807) is 30.3 Å². The van der Waals surface area contributed by atoms with Gasteiger partial charge in [-0.15, -0.1) is 0 Å². The summed E-state index contributed by atoms with van der Waals surface area (Å²) in [6.07, 6.45) is 3.71. The molecule has 3 N–H and O–H groups in total. The van der Waals surface area contributed by atoms with Gasteiger partial charge in [0.2, 0.25) is 11.8 Å². The molecule has 1 aliphatic rings. The number of fused-ring (bicyclic) bond motifs is 1. The first-order valence-corrected chi connectivity index (χ1v) is 12.1. The first-order valence-electron chi connectivity index (χ1n) is 12.1. The van der Waals surface area contributed by atoms with E-state index in [1.165, 1.54) is 6.07 Å². The normalized spacial score (nSPS) is 12.8. The highest BCUT2D eigenvalue weighted by Crippen LogP contribution is 2.30. The van der Waals surface area contributed by atoms with Crippen molar-refractivity contribution in [3.8, 4) is 5.82 Å². The molecule has 2 aromatic carbocycles. The van der Waals surface area contributed by atoms with Crippen molar-refractivity contribution < 1.29 is 14.4 Å². The van der Waals surface area contributed by atoms with Crippen molar-refractivity contribution in [1.82, 2.24) is 25.0 Å². The summed E-state index contributed by atoms with van der Waals surface area (Å²) in [6.45, 7) is 0.160. The van der Waals surface area contributed by atoms with Crippen molar-refractivity contribution in [2.24, 2.45) is 5.92 Å². The third-order valence-corrected chi connectivity index (χ3v) is 6.09. The first kappa shape index (κ1) is 24.0. The van der Waals surface area contributed by atoms with E-state index in [4.69, 9.17) is 0 Å². The molecule has 0 bridgehead atoms. The molecule has 1 aliphatic carbocycles. The smallest absolute Gasteiger partial charge is 0.267 e. The topological polar surface area (TPSA) is 127 Å². The van der Waals surface area contributed by atoms with Crippen LogP contribution in [0.4, 0.5) is 5.69 Å². The van der Waals surface area contributed by atoms with Crippen molar-refractivity contribution in [3.63, 3.8) is 0 Å². The Bertz CT molecular complexity index is 1520. The SMILES string of the molecule is O=C(Cn1nc(-n2ccc3ccccc32)ccc1=O)NCCNC(=O)c1ccc(NC(=O)C2CC2)cc1. The van der Waals surface area contributed by atoms with Crippen molar-refractivity contribution in [2.75, 3.05) is 18.4 Å². The Hall–Kier alpha value is -4.73. The average molecular weight is 499 g/mol. The van der Waals surface area contributed by atoms with Gasteiger partial charge in [0.1, 0.15) is 6.54 Å². The molecule has 0 atom stereocenters. The molecular weight excluding hydrogens is 472 g/mol. The van der Waals surface area contributed by atoms with Crippen LogP contribution in [-0.4, -0.2) is 45.2 Å². The molecule has 1 saturated carbocycles. The molecule has 37 heavy (non-hydrogen) atoms. The highest BCUT2D eigenvalue weighted by Gasteiger charge is 2.29. The highest BCUT2D eigenvalue weighted by molar-refractivity contribution is 5.96. The van der Waals surface area contributed by atoms with Gasteiger partial charge in [0.15, 0.2) is 5.82 Å². The summed E-state index contributed by atoms with van der Waals surface area (Å²) in [6, 6.07) is 19.4. The fourth-order valence-electron chi connectivity index (χ4n) is 3.93. The predicted molar refractivity (Wildman–Crippen MR) is 138 cm³/mol. The fraction of sp³-hybridized carbons (Fsp3) is 0.222. The van der Waals surface area contributed by atoms with Gasteiger partial charge in [-0.25, -0.2) is 4.68 Å². The van der Waals surface area contributed by atoms with Crippen molar-refractivity contribution in [2.45, 2.75) is 19.4 Å². The number of aromatic nitrogens is 3. The molecular formula is C27H26N6O4. The lowest BCUT2D eigenvalue weighted by molar-refractivity contribution is -0.122. The van der Waals surface area contributed by atoms with Crippen LogP contribution in [0.15, 0.2) is 77.7 Å². The molecule has 0 radical (unpaired) electrons. The Balaban J connectivity index is 1.10. The molecule has 10 heteroatoms. The number of carbonyl (C=O) groups is 3. The van der Waals surface area contributed by atoms with Crippen LogP contribution in [0.3, 0.4) is 0 Å². The molecule has 5 rings (SSSR count). The van der Waals surface area contributed by atoms with E-state index in [9.17, 15) is 19.2 Å². The number of carbonyl (C=O) groups excluding carboxylic acids is 3. The van der Waals surface area contributed by atoms with Gasteiger partial charge >= 0.3 is 0 Å². The van der Waals surface area contributed by atoms with Crippen LogP contribution in [0.5, 0.6) is 0 Å². The van der Waals surface area contributed by atoms with Crippen LogP contribution < -0.4 is 21.5 Å². The van der Waals surface area contributed by atoms with Gasteiger partial charge in [-0.3, -0.25) is 23.7 Å². The average Bonchev–Trinajstić information content (AvgIpc) is 3.68. The Morgan fingerprint density at radius 1 is 0.892 bits per heavy atom. The molecule has 0 saturated heterocycles. The van der Waals surface area contributed by atoms with E-state index in [2.05, 4.69) is 21.0 Å². The van der Waals surface area contributed by atoms with Crippen LogP contribution in [-0.2, 0) is 16.1 Å². The van der Waals surface area contributed by atoms with Crippen LogP contribution in [0.1, 0.15) is 23.2 Å². The number of nitrogens with one attached hydrogen (secondary N) is 3. The van der Waals surface area contributed by atoms with Crippen molar-refractivity contribution in [1.29, 1.82) is 0 Å². The standard InChI is InChI=1S/C27H26N6O4/c34-24(17-33-25(35)12-11-23(31-33)32-16-13-18-3-1-2-4-22(18)32)28-14-15-29-26(36)19-7-9-21(10-8-19)30-27(37)20-5-6-20/h1-4,7-13,16,20H,5-6,14-15,17H2,(H,28,34)(H,29,36)(H,30,37). The first-order chi connectivity index (χ1) is 18.0. The predicted octanol–water partition coefficient (Wildman–Crippen LogP) is 2.08. The van der Waals surface area contributed by atoms with Gasteiger partial charge in [0.25, 0.3) is 11.5 Å². The second kappa shape index (κ2) is 10.5. The minimum Gasteiger partial charge on any atom is -0.353 e. The number of anilines is 1. The second-order valence-electron chi connectivity index (χ2n) is 8.88. The number of nitrogens with zero attached hydrogens (tertiary/aromatic N) is 3. The molecule has 10 nitrogen and oxygen atoms in total. The molecule has 3 amide bonds. The summed E-state index contributed by atoms with van der Waals surface area (Å²) in [5, 5.41) is 13.6. The van der Waals surface area contributed by atoms with Crippen LogP contribution >= 0.6 is 0 Å². The zero-order chi connectivity index (χ0) is 25.8. The Labute approximate surface area is 212 Å². The lowest BCUT2D eigenvalue weighted by Crippen LogP contribution is -2.38. The van der Waals surface area contributed by atoms with Gasteiger partial charge in [0, 0.05) is 42.5 Å². The summed E-state index contributed by atoms with van der Waals surface area (Å²) in [5.41, 5.74) is 1.65. The summed E-state index contributed by atoms with van der Waals surface area (Å²) in [7, 11) is 0. The summed E-state index contributed by atoms with van der Waals surface area (Å²) in [4.78, 5) is 48.8. The van der Waals surface area contributed by atoms with E-state index in [1.807, 2.05) is 41.1 Å². The highest BCUT2D eigenvalue weighted by atomic mass is 16.2. The maximum absolute atomic E-state index is 12.4. The van der Waals surface area contributed by atoms with Crippen molar-refractivity contribution >= 4 is 34.3 Å². The third-order valence-electron chi connectivity index (χ3n) is 6.09. The number of benzene rings is 2. The zero-order valence-electron chi connectivity index (χ0n) is 20.0. The molecule has 2 heterocycles. The lowest BCUT2D eigenvalue weighted by Gasteiger charge is -2.10. The lowest BCUT2D eigenvalue weighted by atomic mass is 10.2. The van der Waals surface area contributed by atoms with Crippen molar-refractivity contribution in [3.05, 3.63) is 88.8 Å². The molecule has 2 aromatic heterocycles. The van der Waals surface area contributed by atoms with E-state index in [0.29, 0.717) is 17.1 Å². The van der Waals surface area contributed by atoms with E-state index in [0.717, 1.165) is 28.4 Å². The molecule has 1 fully saturated rings. The van der Waals surface area contributed by atoms with Crippen LogP contribution in [0.25, 0.3) is 16.7 Å². The van der Waals surface area contributed by atoms with E-state index >= 15 is 0 Å². The van der Waals surface area contributed by atoms with Gasteiger partial charge in [0.05, 0.1) is 5.52 Å². The minimum atomic E-state index is -0.394.